The normalized spacial score (nSPS) is 14.2. The first-order valence-corrected chi connectivity index (χ1v) is 11.8. The smallest absolute Gasteiger partial charge is 0.257 e. The maximum Gasteiger partial charge on any atom is 0.257 e. The average Bonchev–Trinajstić information content (AvgIpc) is 2.75. The molecule has 4 rings (SSSR count). The summed E-state index contributed by atoms with van der Waals surface area (Å²) in [5, 5.41) is 3.03. The van der Waals surface area contributed by atoms with E-state index in [0.717, 1.165) is 16.7 Å². The molecule has 1 aliphatic heterocycles. The molecule has 1 amide bonds. The van der Waals surface area contributed by atoms with Crippen LogP contribution in [-0.2, 0) is 23.0 Å². The number of carbonyl (C=O) groups is 1. The van der Waals surface area contributed by atoms with Gasteiger partial charge in [-0.05, 0) is 61.2 Å². The van der Waals surface area contributed by atoms with Crippen molar-refractivity contribution >= 4 is 33.2 Å². The monoisotopic (exact) mass is 454 g/mol. The van der Waals surface area contributed by atoms with Gasteiger partial charge in [0.25, 0.3) is 5.91 Å². The highest BCUT2D eigenvalue weighted by Crippen LogP contribution is 2.28. The number of hydrogen-bond donors (Lipinski definition) is 1. The van der Waals surface area contributed by atoms with Gasteiger partial charge in [-0.3, -0.25) is 4.79 Å². The number of nitrogens with zero attached hydrogens (tertiary/aromatic N) is 1. The molecule has 0 saturated carbocycles. The summed E-state index contributed by atoms with van der Waals surface area (Å²) in [5.41, 5.74) is 4.95. The van der Waals surface area contributed by atoms with Gasteiger partial charge in [0.15, 0.2) is 0 Å². The topological polar surface area (TPSA) is 66.5 Å². The van der Waals surface area contributed by atoms with Crippen LogP contribution in [0.3, 0.4) is 0 Å². The second kappa shape index (κ2) is 8.46. The molecule has 0 fully saturated rings. The van der Waals surface area contributed by atoms with Crippen LogP contribution < -0.4 is 5.32 Å². The molecule has 0 aliphatic carbocycles. The quantitative estimate of drug-likeness (QED) is 0.606. The molecular formula is C24H23ClN2O3S. The Balaban J connectivity index is 1.62. The highest BCUT2D eigenvalue weighted by molar-refractivity contribution is 7.89. The van der Waals surface area contributed by atoms with Gasteiger partial charge in [0.05, 0.1) is 15.5 Å². The first kappa shape index (κ1) is 21.6. The van der Waals surface area contributed by atoms with Crippen molar-refractivity contribution in [3.8, 4) is 0 Å². The Labute approximate surface area is 187 Å². The number of fused-ring (bicyclic) bond motifs is 1. The predicted octanol–water partition coefficient (Wildman–Crippen LogP) is 4.96. The van der Waals surface area contributed by atoms with E-state index in [4.69, 9.17) is 11.6 Å². The van der Waals surface area contributed by atoms with Gasteiger partial charge in [0, 0.05) is 18.8 Å². The van der Waals surface area contributed by atoms with E-state index in [-0.39, 0.29) is 15.5 Å². The number of carbonyl (C=O) groups excluding carboxylic acids is 1. The predicted molar refractivity (Wildman–Crippen MR) is 123 cm³/mol. The number of sulfonamides is 1. The summed E-state index contributed by atoms with van der Waals surface area (Å²) in [4.78, 5) is 12.9. The van der Waals surface area contributed by atoms with E-state index in [2.05, 4.69) is 5.32 Å². The van der Waals surface area contributed by atoms with Gasteiger partial charge < -0.3 is 5.32 Å². The Morgan fingerprint density at radius 2 is 1.74 bits per heavy atom. The molecule has 3 aromatic rings. The lowest BCUT2D eigenvalue weighted by Crippen LogP contribution is -2.36. The van der Waals surface area contributed by atoms with Crippen LogP contribution in [0, 0.1) is 13.8 Å². The fourth-order valence-electron chi connectivity index (χ4n) is 3.81. The van der Waals surface area contributed by atoms with E-state index in [1.807, 2.05) is 56.3 Å². The summed E-state index contributed by atoms with van der Waals surface area (Å²) in [6.07, 6.45) is 0.656. The molecule has 0 saturated heterocycles. The van der Waals surface area contributed by atoms with Gasteiger partial charge in [0.2, 0.25) is 10.0 Å². The van der Waals surface area contributed by atoms with Crippen LogP contribution in [0.2, 0.25) is 5.02 Å². The van der Waals surface area contributed by atoms with Crippen molar-refractivity contribution in [1.82, 2.24) is 4.31 Å². The number of nitrogens with one attached hydrogen (secondary N) is 1. The lowest BCUT2D eigenvalue weighted by molar-refractivity contribution is 0.102. The third-order valence-electron chi connectivity index (χ3n) is 5.55. The zero-order valence-electron chi connectivity index (χ0n) is 17.4. The number of rotatable bonds is 4. The Morgan fingerprint density at radius 1 is 1.00 bits per heavy atom. The SMILES string of the molecule is Cc1ccc(NC(=O)c2cc(S(=O)(=O)N3CCc4ccccc4C3)ccc2Cl)c(C)c1. The molecule has 1 N–H and O–H groups in total. The second-order valence-corrected chi connectivity index (χ2v) is 10.1. The van der Waals surface area contributed by atoms with Gasteiger partial charge in [-0.2, -0.15) is 4.31 Å². The van der Waals surface area contributed by atoms with Gasteiger partial charge in [-0.15, -0.1) is 0 Å². The molecule has 7 heteroatoms. The first-order chi connectivity index (χ1) is 14.8. The summed E-state index contributed by atoms with van der Waals surface area (Å²) in [5.74, 6) is -0.446. The van der Waals surface area contributed by atoms with Gasteiger partial charge in [0.1, 0.15) is 0 Å². The Morgan fingerprint density at radius 3 is 2.48 bits per heavy atom. The van der Waals surface area contributed by atoms with E-state index in [9.17, 15) is 13.2 Å². The third kappa shape index (κ3) is 4.37. The van der Waals surface area contributed by atoms with Crippen molar-refractivity contribution in [3.63, 3.8) is 0 Å². The molecule has 1 aliphatic rings. The summed E-state index contributed by atoms with van der Waals surface area (Å²) in [6.45, 7) is 4.58. The molecule has 160 valence electrons. The maximum atomic E-state index is 13.3. The molecule has 0 aromatic heterocycles. The Hall–Kier alpha value is -2.67. The van der Waals surface area contributed by atoms with Crippen LogP contribution in [-0.4, -0.2) is 25.2 Å². The fraction of sp³-hybridized carbons (Fsp3) is 0.208. The number of benzene rings is 3. The standard InChI is InChI=1S/C24H23ClN2O3S/c1-16-7-10-23(17(2)13-16)26-24(28)21-14-20(8-9-22(21)25)31(29,30)27-12-11-18-5-3-4-6-19(18)15-27/h3-10,13-14H,11-12,15H2,1-2H3,(H,26,28). The van der Waals surface area contributed by atoms with Gasteiger partial charge >= 0.3 is 0 Å². The second-order valence-electron chi connectivity index (χ2n) is 7.77. The number of amides is 1. The summed E-state index contributed by atoms with van der Waals surface area (Å²) in [6, 6.07) is 17.8. The number of hydrogen-bond acceptors (Lipinski definition) is 3. The maximum absolute atomic E-state index is 13.3. The zero-order valence-corrected chi connectivity index (χ0v) is 18.9. The molecule has 5 nitrogen and oxygen atoms in total. The molecular weight excluding hydrogens is 432 g/mol. The van der Waals surface area contributed by atoms with Crippen LogP contribution in [0.1, 0.15) is 32.6 Å². The number of aryl methyl sites for hydroxylation is 2. The van der Waals surface area contributed by atoms with Crippen molar-refractivity contribution < 1.29 is 13.2 Å². The molecule has 0 atom stereocenters. The van der Waals surface area contributed by atoms with Crippen molar-refractivity contribution in [2.75, 3.05) is 11.9 Å². The molecule has 0 spiro atoms. The van der Waals surface area contributed by atoms with Crippen LogP contribution >= 0.6 is 11.6 Å². The van der Waals surface area contributed by atoms with Crippen LogP contribution in [0.4, 0.5) is 5.69 Å². The lowest BCUT2D eigenvalue weighted by atomic mass is 10.0. The highest BCUT2D eigenvalue weighted by Gasteiger charge is 2.29. The number of halogens is 1. The van der Waals surface area contributed by atoms with E-state index in [0.29, 0.717) is 25.2 Å². The van der Waals surface area contributed by atoms with E-state index >= 15 is 0 Å². The molecule has 3 aromatic carbocycles. The minimum absolute atomic E-state index is 0.0575. The molecule has 0 bridgehead atoms. The van der Waals surface area contributed by atoms with E-state index in [1.54, 1.807) is 0 Å². The first-order valence-electron chi connectivity index (χ1n) is 10.0. The van der Waals surface area contributed by atoms with Crippen LogP contribution in [0.25, 0.3) is 0 Å². The lowest BCUT2D eigenvalue weighted by Gasteiger charge is -2.28. The Kier molecular flexibility index (Phi) is 5.88. The summed E-state index contributed by atoms with van der Waals surface area (Å²) in [7, 11) is -3.77. The van der Waals surface area contributed by atoms with Gasteiger partial charge in [-0.25, -0.2) is 8.42 Å². The molecule has 0 radical (unpaired) electrons. The molecule has 1 heterocycles. The van der Waals surface area contributed by atoms with E-state index in [1.165, 1.54) is 28.1 Å². The Bertz CT molecular complexity index is 1270. The van der Waals surface area contributed by atoms with E-state index < -0.39 is 15.9 Å². The molecule has 0 unspecified atom stereocenters. The minimum Gasteiger partial charge on any atom is -0.322 e. The largest absolute Gasteiger partial charge is 0.322 e. The number of anilines is 1. The molecule has 31 heavy (non-hydrogen) atoms. The van der Waals surface area contributed by atoms with Crippen LogP contribution in [0.5, 0.6) is 0 Å². The van der Waals surface area contributed by atoms with Crippen molar-refractivity contribution in [1.29, 1.82) is 0 Å². The third-order valence-corrected chi connectivity index (χ3v) is 7.72. The summed E-state index contributed by atoms with van der Waals surface area (Å²) >= 11 is 6.26. The summed E-state index contributed by atoms with van der Waals surface area (Å²) < 4.78 is 28.0. The van der Waals surface area contributed by atoms with Crippen molar-refractivity contribution in [3.05, 3.63) is 93.5 Å². The minimum atomic E-state index is -3.77. The average molecular weight is 455 g/mol. The fourth-order valence-corrected chi connectivity index (χ4v) is 5.46. The van der Waals surface area contributed by atoms with Gasteiger partial charge in [-0.1, -0.05) is 53.6 Å². The highest BCUT2D eigenvalue weighted by atomic mass is 35.5. The zero-order chi connectivity index (χ0) is 22.2. The van der Waals surface area contributed by atoms with Crippen molar-refractivity contribution in [2.45, 2.75) is 31.7 Å². The van der Waals surface area contributed by atoms with Crippen molar-refractivity contribution in [2.24, 2.45) is 0 Å². The van der Waals surface area contributed by atoms with Crippen LogP contribution in [0.15, 0.2) is 65.6 Å².